The molecule has 0 saturated carbocycles. The molecular weight excluding hydrogens is 272 g/mol. The monoisotopic (exact) mass is 279 g/mol. The minimum atomic E-state index is -3.88. The van der Waals surface area contributed by atoms with Gasteiger partial charge >= 0.3 is 0 Å². The SMILES string of the molecule is O=S(=O)(O)Cc1ccccc1.[Ag]. The molecule has 0 saturated heterocycles. The van der Waals surface area contributed by atoms with Gasteiger partial charge in [-0.1, -0.05) is 30.3 Å². The average molecular weight is 280 g/mol. The molecule has 0 heterocycles. The van der Waals surface area contributed by atoms with Crippen LogP contribution in [0.2, 0.25) is 0 Å². The fourth-order valence-electron chi connectivity index (χ4n) is 0.785. The summed E-state index contributed by atoms with van der Waals surface area (Å²) in [5.74, 6) is -0.312. The Morgan fingerprint density at radius 3 is 2.08 bits per heavy atom. The summed E-state index contributed by atoms with van der Waals surface area (Å²) in [5, 5.41) is 0. The summed E-state index contributed by atoms with van der Waals surface area (Å²) in [6.45, 7) is 0. The van der Waals surface area contributed by atoms with Gasteiger partial charge in [0.2, 0.25) is 0 Å². The Morgan fingerprint density at radius 2 is 1.67 bits per heavy atom. The van der Waals surface area contributed by atoms with Gasteiger partial charge < -0.3 is 0 Å². The summed E-state index contributed by atoms with van der Waals surface area (Å²) in [7, 11) is -3.88. The van der Waals surface area contributed by atoms with Crippen LogP contribution in [0.15, 0.2) is 30.3 Å². The van der Waals surface area contributed by atoms with E-state index in [9.17, 15) is 8.42 Å². The van der Waals surface area contributed by atoms with Crippen LogP contribution in [0.5, 0.6) is 0 Å². The Morgan fingerprint density at radius 1 is 1.17 bits per heavy atom. The maximum atomic E-state index is 10.4. The van der Waals surface area contributed by atoms with Crippen molar-refractivity contribution in [2.24, 2.45) is 0 Å². The largest absolute Gasteiger partial charge is 0.285 e. The van der Waals surface area contributed by atoms with Crippen molar-refractivity contribution in [3.05, 3.63) is 35.9 Å². The molecule has 0 bridgehead atoms. The van der Waals surface area contributed by atoms with Crippen molar-refractivity contribution in [3.8, 4) is 0 Å². The first kappa shape index (κ1) is 11.9. The molecule has 1 radical (unpaired) electrons. The molecule has 0 atom stereocenters. The minimum absolute atomic E-state index is 0. The van der Waals surface area contributed by atoms with Gasteiger partial charge in [0, 0.05) is 22.4 Å². The third-order valence-corrected chi connectivity index (χ3v) is 1.89. The quantitative estimate of drug-likeness (QED) is 0.651. The van der Waals surface area contributed by atoms with E-state index in [-0.39, 0.29) is 28.1 Å². The molecule has 0 fully saturated rings. The van der Waals surface area contributed by atoms with Gasteiger partial charge in [-0.25, -0.2) is 0 Å². The first-order valence-electron chi connectivity index (χ1n) is 3.07. The first-order chi connectivity index (χ1) is 5.08. The van der Waals surface area contributed by atoms with Gasteiger partial charge in [0.15, 0.2) is 0 Å². The summed E-state index contributed by atoms with van der Waals surface area (Å²) in [5.41, 5.74) is 0.593. The van der Waals surface area contributed by atoms with Crippen molar-refractivity contribution in [1.82, 2.24) is 0 Å². The maximum absolute atomic E-state index is 10.4. The van der Waals surface area contributed by atoms with E-state index in [1.54, 1.807) is 30.3 Å². The van der Waals surface area contributed by atoms with Gasteiger partial charge in [-0.05, 0) is 5.56 Å². The standard InChI is InChI=1S/C7H8O3S.Ag/c8-11(9,10)6-7-4-2-1-3-5-7;/h1-5H,6H2,(H,8,9,10);. The van der Waals surface area contributed by atoms with E-state index in [0.717, 1.165) is 0 Å². The Kier molecular flexibility index (Phi) is 4.74. The summed E-state index contributed by atoms with van der Waals surface area (Å²) in [6.07, 6.45) is 0. The van der Waals surface area contributed by atoms with Gasteiger partial charge in [0.1, 0.15) is 5.75 Å². The van der Waals surface area contributed by atoms with Crippen LogP contribution in [0.3, 0.4) is 0 Å². The Bertz CT molecular complexity index is 320. The molecule has 0 spiro atoms. The van der Waals surface area contributed by atoms with Crippen molar-refractivity contribution in [2.45, 2.75) is 5.75 Å². The number of benzene rings is 1. The van der Waals surface area contributed by atoms with Gasteiger partial charge in [-0.15, -0.1) is 0 Å². The molecule has 0 aliphatic rings. The molecule has 1 rings (SSSR count). The second kappa shape index (κ2) is 4.79. The molecular formula is C7H8AgO3S. The molecule has 1 aromatic rings. The molecule has 1 N–H and O–H groups in total. The zero-order valence-corrected chi connectivity index (χ0v) is 8.37. The fourth-order valence-corrected chi connectivity index (χ4v) is 1.40. The van der Waals surface area contributed by atoms with Crippen LogP contribution < -0.4 is 0 Å². The van der Waals surface area contributed by atoms with Crippen molar-refractivity contribution < 1.29 is 35.4 Å². The van der Waals surface area contributed by atoms with E-state index in [4.69, 9.17) is 4.55 Å². The predicted molar refractivity (Wildman–Crippen MR) is 41.7 cm³/mol. The van der Waals surface area contributed by atoms with Crippen molar-refractivity contribution in [2.75, 3.05) is 0 Å². The van der Waals surface area contributed by atoms with E-state index in [1.807, 2.05) is 0 Å². The number of rotatable bonds is 2. The summed E-state index contributed by atoms with van der Waals surface area (Å²) < 4.78 is 29.2. The first-order valence-corrected chi connectivity index (χ1v) is 4.68. The third kappa shape index (κ3) is 4.69. The molecule has 3 nitrogen and oxygen atoms in total. The zero-order chi connectivity index (χ0) is 8.32. The predicted octanol–water partition coefficient (Wildman–Crippen LogP) is 1.07. The average Bonchev–Trinajstić information content (AvgIpc) is 1.85. The summed E-state index contributed by atoms with van der Waals surface area (Å²) in [6, 6.07) is 8.52. The Labute approximate surface area is 87.1 Å². The van der Waals surface area contributed by atoms with Crippen LogP contribution in [0, 0.1) is 0 Å². The zero-order valence-electron chi connectivity index (χ0n) is 6.07. The molecule has 0 aromatic heterocycles. The molecule has 0 unspecified atom stereocenters. The normalized spacial score (nSPS) is 10.4. The Hall–Kier alpha value is -0.130. The molecule has 5 heteroatoms. The van der Waals surface area contributed by atoms with Gasteiger partial charge in [-0.3, -0.25) is 4.55 Å². The van der Waals surface area contributed by atoms with E-state index in [1.165, 1.54) is 0 Å². The van der Waals surface area contributed by atoms with Gasteiger partial charge in [0.05, 0.1) is 0 Å². The second-order valence-electron chi connectivity index (χ2n) is 2.21. The van der Waals surface area contributed by atoms with E-state index >= 15 is 0 Å². The second-order valence-corrected chi connectivity index (χ2v) is 3.66. The van der Waals surface area contributed by atoms with E-state index in [2.05, 4.69) is 0 Å². The maximum Gasteiger partial charge on any atom is 0.269 e. The minimum Gasteiger partial charge on any atom is -0.285 e. The van der Waals surface area contributed by atoms with Crippen LogP contribution in [0.25, 0.3) is 0 Å². The van der Waals surface area contributed by atoms with Crippen LogP contribution in [-0.4, -0.2) is 13.0 Å². The molecule has 12 heavy (non-hydrogen) atoms. The molecule has 0 amide bonds. The van der Waals surface area contributed by atoms with E-state index < -0.39 is 10.1 Å². The molecule has 1 aromatic carbocycles. The molecule has 0 aliphatic heterocycles. The fraction of sp³-hybridized carbons (Fsp3) is 0.143. The third-order valence-electron chi connectivity index (χ3n) is 1.19. The van der Waals surface area contributed by atoms with E-state index in [0.29, 0.717) is 5.56 Å². The number of hydrogen-bond donors (Lipinski definition) is 1. The Balaban J connectivity index is 0.00000121. The summed E-state index contributed by atoms with van der Waals surface area (Å²) >= 11 is 0. The molecule has 71 valence electrons. The van der Waals surface area contributed by atoms with Crippen molar-refractivity contribution in [1.29, 1.82) is 0 Å². The van der Waals surface area contributed by atoms with Crippen molar-refractivity contribution >= 4 is 10.1 Å². The smallest absolute Gasteiger partial charge is 0.269 e. The van der Waals surface area contributed by atoms with Gasteiger partial charge in [-0.2, -0.15) is 8.42 Å². The van der Waals surface area contributed by atoms with Crippen LogP contribution >= 0.6 is 0 Å². The number of hydrogen-bond acceptors (Lipinski definition) is 2. The van der Waals surface area contributed by atoms with Crippen LogP contribution in [-0.2, 0) is 38.3 Å². The van der Waals surface area contributed by atoms with Crippen LogP contribution in [0.1, 0.15) is 5.56 Å². The van der Waals surface area contributed by atoms with Crippen molar-refractivity contribution in [3.63, 3.8) is 0 Å². The summed E-state index contributed by atoms with van der Waals surface area (Å²) in [4.78, 5) is 0. The van der Waals surface area contributed by atoms with Gasteiger partial charge in [0.25, 0.3) is 10.1 Å². The topological polar surface area (TPSA) is 54.4 Å². The molecule has 0 aliphatic carbocycles. The van der Waals surface area contributed by atoms with Crippen LogP contribution in [0.4, 0.5) is 0 Å².